The highest BCUT2D eigenvalue weighted by atomic mass is 16.7. The molecule has 8 atom stereocenters. The summed E-state index contributed by atoms with van der Waals surface area (Å²) in [6.07, 6.45) is -0.868. The lowest BCUT2D eigenvalue weighted by Crippen LogP contribution is -2.56. The first-order chi connectivity index (χ1) is 23.0. The number of likely N-dealkylation sites (N-methyl/N-ethyl adjacent to an activating group) is 1. The van der Waals surface area contributed by atoms with Gasteiger partial charge in [-0.05, 0) is 74.4 Å². The van der Waals surface area contributed by atoms with Gasteiger partial charge in [-0.2, -0.15) is 5.06 Å². The van der Waals surface area contributed by atoms with E-state index >= 15 is 0 Å². The van der Waals surface area contributed by atoms with Gasteiger partial charge in [0.05, 0.1) is 24.8 Å². The van der Waals surface area contributed by atoms with Gasteiger partial charge >= 0.3 is 5.97 Å². The Morgan fingerprint density at radius 1 is 1.12 bits per heavy atom. The fourth-order valence-electron chi connectivity index (χ4n) is 7.46. The van der Waals surface area contributed by atoms with Crippen LogP contribution in [-0.2, 0) is 16.2 Å². The quantitative estimate of drug-likeness (QED) is 0.242. The van der Waals surface area contributed by atoms with E-state index in [9.17, 15) is 24.9 Å². The summed E-state index contributed by atoms with van der Waals surface area (Å²) in [4.78, 5) is 36.6. The predicted molar refractivity (Wildman–Crippen MR) is 191 cm³/mol. The average molecular weight is 683 g/mol. The highest BCUT2D eigenvalue weighted by Gasteiger charge is 2.51. The van der Waals surface area contributed by atoms with E-state index in [1.165, 1.54) is 0 Å². The fourth-order valence-corrected chi connectivity index (χ4v) is 7.46. The third-order valence-corrected chi connectivity index (χ3v) is 11.4. The number of ether oxygens (including phenoxy) is 1. The van der Waals surface area contributed by atoms with E-state index in [2.05, 4.69) is 39.9 Å². The molecule has 1 aliphatic heterocycles. The van der Waals surface area contributed by atoms with Crippen LogP contribution in [0, 0.1) is 29.1 Å². The van der Waals surface area contributed by atoms with Crippen LogP contribution < -0.4 is 15.0 Å². The van der Waals surface area contributed by atoms with Crippen molar-refractivity contribution < 1.29 is 34.5 Å². The Bertz CT molecular complexity index is 1460. The number of amides is 1. The molecule has 272 valence electrons. The van der Waals surface area contributed by atoms with Crippen LogP contribution in [0.5, 0.6) is 5.75 Å². The largest absolute Gasteiger partial charge is 0.491 e. The van der Waals surface area contributed by atoms with Gasteiger partial charge in [0.2, 0.25) is 5.91 Å². The summed E-state index contributed by atoms with van der Waals surface area (Å²) in [6, 6.07) is 9.94. The highest BCUT2D eigenvalue weighted by Crippen LogP contribution is 2.47. The molecule has 2 aromatic rings. The van der Waals surface area contributed by atoms with Crippen LogP contribution in [0.15, 0.2) is 36.4 Å². The second-order valence-electron chi connectivity index (χ2n) is 15.3. The van der Waals surface area contributed by atoms with Gasteiger partial charge in [0.25, 0.3) is 0 Å². The highest BCUT2D eigenvalue weighted by molar-refractivity contribution is 5.92. The zero-order valence-corrected chi connectivity index (χ0v) is 30.9. The number of nitrogens with zero attached hydrogens (tertiary/aromatic N) is 3. The number of carboxylic acids is 1. The number of aromatic carboxylic acids is 1. The smallest absolute Gasteiger partial charge is 0.335 e. The van der Waals surface area contributed by atoms with Crippen molar-refractivity contribution in [2.24, 2.45) is 29.1 Å². The maximum Gasteiger partial charge on any atom is 0.335 e. The maximum atomic E-state index is 14.3. The van der Waals surface area contributed by atoms with Crippen molar-refractivity contribution in [1.82, 2.24) is 15.3 Å². The normalized spacial score (nSPS) is 27.6. The van der Waals surface area contributed by atoms with Gasteiger partial charge in [-0.3, -0.25) is 9.63 Å². The van der Waals surface area contributed by atoms with E-state index in [-0.39, 0.29) is 42.0 Å². The summed E-state index contributed by atoms with van der Waals surface area (Å²) in [5, 5.41) is 36.1. The molecule has 1 heterocycles. The van der Waals surface area contributed by atoms with Gasteiger partial charge in [-0.1, -0.05) is 52.8 Å². The van der Waals surface area contributed by atoms with Crippen LogP contribution in [0.3, 0.4) is 0 Å². The summed E-state index contributed by atoms with van der Waals surface area (Å²) < 4.78 is 6.46. The molecular weight excluding hydrogens is 624 g/mol. The van der Waals surface area contributed by atoms with E-state index < -0.39 is 30.1 Å². The minimum absolute atomic E-state index is 0.0455. The molecule has 0 radical (unpaired) electrons. The summed E-state index contributed by atoms with van der Waals surface area (Å²) in [6.45, 7) is 13.7. The molecule has 0 bridgehead atoms. The molecule has 11 heteroatoms. The number of carboxylic acid groups (broad SMARTS) is 1. The first kappa shape index (κ1) is 38.6. The number of anilines is 1. The molecule has 1 amide bonds. The summed E-state index contributed by atoms with van der Waals surface area (Å²) >= 11 is 0. The third kappa shape index (κ3) is 8.40. The molecular formula is C38H58N4O7. The van der Waals surface area contributed by atoms with E-state index in [1.54, 1.807) is 24.1 Å². The summed E-state index contributed by atoms with van der Waals surface area (Å²) in [7, 11) is 7.63. The second-order valence-corrected chi connectivity index (χ2v) is 15.3. The first-order valence-corrected chi connectivity index (χ1v) is 17.5. The van der Waals surface area contributed by atoms with Crippen molar-refractivity contribution in [3.8, 4) is 16.9 Å². The Kier molecular flexibility index (Phi) is 12.4. The number of hydroxylamine groups is 2. The number of carbonyl (C=O) groups excluding carboxylic acids is 1. The lowest BCUT2D eigenvalue weighted by molar-refractivity contribution is -0.182. The number of benzene rings is 2. The molecule has 49 heavy (non-hydrogen) atoms. The molecule has 0 aromatic heterocycles. The van der Waals surface area contributed by atoms with Crippen LogP contribution in [0.1, 0.15) is 63.9 Å². The Labute approximate surface area is 292 Å². The van der Waals surface area contributed by atoms with Crippen molar-refractivity contribution in [2.75, 3.05) is 52.8 Å². The minimum atomic E-state index is -1.03. The molecule has 1 saturated carbocycles. The number of hydrogen-bond donors (Lipinski definition) is 4. The number of para-hydroxylation sites is 1. The van der Waals surface area contributed by atoms with E-state index in [0.29, 0.717) is 41.9 Å². The van der Waals surface area contributed by atoms with Gasteiger partial charge in [0.1, 0.15) is 24.5 Å². The van der Waals surface area contributed by atoms with Gasteiger partial charge in [0, 0.05) is 49.4 Å². The number of carbonyl (C=O) groups is 2. The SMILES string of the molecule is C[C@@H]1[C@@H](NC(=O)[C@@H]2[C@H]([C@H](C)O)[C@H](CO)ON2Cc2cccc(-c3cc(C(=O)O)cc(N(C)C)c3)c2OCCN(C)C)C[C@@H](C)C(C)(C)[C@H]1C. The number of aliphatic hydroxyl groups excluding tert-OH is 2. The van der Waals surface area contributed by atoms with Gasteiger partial charge in [0.15, 0.2) is 0 Å². The second kappa shape index (κ2) is 15.8. The molecule has 4 N–H and O–H groups in total. The Morgan fingerprint density at radius 2 is 1.82 bits per heavy atom. The third-order valence-electron chi connectivity index (χ3n) is 11.4. The van der Waals surface area contributed by atoms with Crippen molar-refractivity contribution in [2.45, 2.75) is 78.8 Å². The van der Waals surface area contributed by atoms with Crippen molar-refractivity contribution in [3.63, 3.8) is 0 Å². The van der Waals surface area contributed by atoms with E-state index in [1.807, 2.05) is 62.3 Å². The summed E-state index contributed by atoms with van der Waals surface area (Å²) in [5.74, 6) is -0.380. The van der Waals surface area contributed by atoms with Gasteiger partial charge in [-0.15, -0.1) is 0 Å². The van der Waals surface area contributed by atoms with Crippen LogP contribution in [0.4, 0.5) is 5.69 Å². The molecule has 2 fully saturated rings. The number of hydrogen-bond acceptors (Lipinski definition) is 9. The first-order valence-electron chi connectivity index (χ1n) is 17.5. The zero-order chi connectivity index (χ0) is 36.4. The fraction of sp³-hybridized carbons (Fsp3) is 0.632. The maximum absolute atomic E-state index is 14.3. The molecule has 11 nitrogen and oxygen atoms in total. The average Bonchev–Trinajstić information content (AvgIpc) is 3.41. The zero-order valence-electron chi connectivity index (χ0n) is 30.9. The van der Waals surface area contributed by atoms with E-state index in [0.717, 1.165) is 17.7 Å². The number of nitrogens with one attached hydrogen (secondary N) is 1. The Hall–Kier alpha value is -3.22. The van der Waals surface area contributed by atoms with E-state index in [4.69, 9.17) is 9.57 Å². The lowest BCUT2D eigenvalue weighted by Gasteiger charge is -2.50. The van der Waals surface area contributed by atoms with Crippen molar-refractivity contribution in [1.29, 1.82) is 0 Å². The monoisotopic (exact) mass is 682 g/mol. The molecule has 4 rings (SSSR count). The van der Waals surface area contributed by atoms with Gasteiger partial charge in [-0.25, -0.2) is 4.79 Å². The molecule has 0 spiro atoms. The molecule has 2 aliphatic rings. The van der Waals surface area contributed by atoms with Crippen LogP contribution in [0.2, 0.25) is 0 Å². The van der Waals surface area contributed by atoms with Crippen molar-refractivity contribution >= 4 is 17.6 Å². The van der Waals surface area contributed by atoms with Crippen LogP contribution >= 0.6 is 0 Å². The number of rotatable bonds is 13. The van der Waals surface area contributed by atoms with Crippen molar-refractivity contribution in [3.05, 3.63) is 47.5 Å². The molecule has 2 aromatic carbocycles. The minimum Gasteiger partial charge on any atom is -0.491 e. The topological polar surface area (TPSA) is 135 Å². The van der Waals surface area contributed by atoms with Crippen LogP contribution in [-0.4, -0.2) is 109 Å². The van der Waals surface area contributed by atoms with Gasteiger partial charge < -0.3 is 35.2 Å². The Balaban J connectivity index is 1.75. The summed E-state index contributed by atoms with van der Waals surface area (Å²) in [5.41, 5.74) is 3.12. The molecule has 0 unspecified atom stereocenters. The van der Waals surface area contributed by atoms with Crippen LogP contribution in [0.25, 0.3) is 11.1 Å². The molecule has 1 saturated heterocycles. The lowest BCUT2D eigenvalue weighted by atomic mass is 9.58. The number of aliphatic hydroxyl groups is 2. The standard InChI is InChI=1S/C38H58N4O7/c1-22-16-31(23(2)24(3)38(22,5)6)39-36(45)34-33(25(4)44)32(21-43)49-42(34)20-26-12-11-13-30(35(26)48-15-14-40(7)8)27-17-28(37(46)47)19-29(18-27)41(9)10/h11-13,17-19,22-25,31-34,43-44H,14-16,20-21H2,1-10H3,(H,39,45)(H,46,47)/t22-,23+,24+,25+,31+,32+,33-,34+/m1/s1. The predicted octanol–water partition coefficient (Wildman–Crippen LogP) is 4.35. The molecule has 1 aliphatic carbocycles. The Morgan fingerprint density at radius 3 is 2.41 bits per heavy atom.